The van der Waals surface area contributed by atoms with Crippen LogP contribution < -0.4 is 5.32 Å². The van der Waals surface area contributed by atoms with E-state index in [1.807, 2.05) is 0 Å². The van der Waals surface area contributed by atoms with Crippen LogP contribution in [0.4, 0.5) is 0 Å². The van der Waals surface area contributed by atoms with Gasteiger partial charge in [-0.2, -0.15) is 0 Å². The van der Waals surface area contributed by atoms with Crippen molar-refractivity contribution in [2.45, 2.75) is 39.2 Å². The summed E-state index contributed by atoms with van der Waals surface area (Å²) in [6.07, 6.45) is 3.35. The summed E-state index contributed by atoms with van der Waals surface area (Å²) in [5, 5.41) is 2.99. The van der Waals surface area contributed by atoms with Crippen molar-refractivity contribution >= 4 is 27.8 Å². The van der Waals surface area contributed by atoms with Crippen molar-refractivity contribution in [3.8, 4) is 0 Å². The maximum atomic E-state index is 12.0. The Morgan fingerprint density at radius 3 is 2.59 bits per heavy atom. The van der Waals surface area contributed by atoms with Crippen LogP contribution in [0, 0.1) is 11.8 Å². The Morgan fingerprint density at radius 2 is 1.91 bits per heavy atom. The zero-order valence-corrected chi connectivity index (χ0v) is 14.6. The Balaban J connectivity index is 1.80. The number of esters is 1. The molecule has 0 unspecified atom stereocenters. The number of carbonyl (C=O) groups excluding carboxylic acids is 2. The van der Waals surface area contributed by atoms with Crippen LogP contribution in [-0.4, -0.2) is 24.5 Å². The van der Waals surface area contributed by atoms with Gasteiger partial charge in [-0.15, -0.1) is 0 Å². The van der Waals surface area contributed by atoms with Crippen LogP contribution in [0.15, 0.2) is 28.7 Å². The van der Waals surface area contributed by atoms with Crippen LogP contribution in [0.2, 0.25) is 0 Å². The first kappa shape index (κ1) is 17.0. The van der Waals surface area contributed by atoms with E-state index in [4.69, 9.17) is 4.74 Å². The van der Waals surface area contributed by atoms with E-state index >= 15 is 0 Å². The van der Waals surface area contributed by atoms with Gasteiger partial charge >= 0.3 is 5.97 Å². The smallest absolute Gasteiger partial charge is 0.338 e. The number of carbonyl (C=O) groups is 2. The Morgan fingerprint density at radius 1 is 1.23 bits per heavy atom. The predicted molar refractivity (Wildman–Crippen MR) is 88.5 cm³/mol. The SMILES string of the molecule is C[C@H]1[C@H](C)CCC[C@@H]1NC(=O)COC(=O)c1ccc(Br)cc1. The fraction of sp³-hybridized carbons (Fsp3) is 0.529. The molecule has 1 aliphatic rings. The minimum Gasteiger partial charge on any atom is -0.452 e. The maximum Gasteiger partial charge on any atom is 0.338 e. The van der Waals surface area contributed by atoms with E-state index in [2.05, 4.69) is 35.1 Å². The number of amides is 1. The second-order valence-corrected chi connectivity index (χ2v) is 6.94. The molecule has 5 heteroatoms. The maximum absolute atomic E-state index is 12.0. The lowest BCUT2D eigenvalue weighted by atomic mass is 9.78. The van der Waals surface area contributed by atoms with E-state index in [-0.39, 0.29) is 18.6 Å². The van der Waals surface area contributed by atoms with Crippen molar-refractivity contribution < 1.29 is 14.3 Å². The standard InChI is InChI=1S/C17H22BrNO3/c1-11-4-3-5-15(12(11)2)19-16(20)10-22-17(21)13-6-8-14(18)9-7-13/h6-9,11-12,15H,3-5,10H2,1-2H3,(H,19,20)/t11-,12+,15+/m1/s1. The largest absolute Gasteiger partial charge is 0.452 e. The van der Waals surface area contributed by atoms with Gasteiger partial charge in [-0.1, -0.05) is 42.6 Å². The highest BCUT2D eigenvalue weighted by atomic mass is 79.9. The molecule has 22 heavy (non-hydrogen) atoms. The molecule has 1 aliphatic carbocycles. The zero-order valence-electron chi connectivity index (χ0n) is 13.0. The summed E-state index contributed by atoms with van der Waals surface area (Å²) in [4.78, 5) is 23.8. The third-order valence-corrected chi connectivity index (χ3v) is 5.00. The summed E-state index contributed by atoms with van der Waals surface area (Å²) >= 11 is 3.31. The summed E-state index contributed by atoms with van der Waals surface area (Å²) in [5.74, 6) is 0.369. The highest BCUT2D eigenvalue weighted by Crippen LogP contribution is 2.29. The minimum absolute atomic E-state index is 0.183. The lowest BCUT2D eigenvalue weighted by Gasteiger charge is -2.34. The van der Waals surface area contributed by atoms with Gasteiger partial charge in [0.25, 0.3) is 5.91 Å². The quantitative estimate of drug-likeness (QED) is 0.827. The van der Waals surface area contributed by atoms with Crippen LogP contribution >= 0.6 is 15.9 Å². The second-order valence-electron chi connectivity index (χ2n) is 6.02. The highest BCUT2D eigenvalue weighted by molar-refractivity contribution is 9.10. The van der Waals surface area contributed by atoms with Gasteiger partial charge in [-0.3, -0.25) is 4.79 Å². The van der Waals surface area contributed by atoms with E-state index in [1.165, 1.54) is 6.42 Å². The first-order valence-electron chi connectivity index (χ1n) is 7.69. The molecule has 1 saturated carbocycles. The summed E-state index contributed by atoms with van der Waals surface area (Å²) in [5.41, 5.74) is 0.440. The molecule has 0 saturated heterocycles. The van der Waals surface area contributed by atoms with Crippen LogP contribution in [0.25, 0.3) is 0 Å². The third-order valence-electron chi connectivity index (χ3n) is 4.47. The van der Waals surface area contributed by atoms with Gasteiger partial charge in [0.1, 0.15) is 0 Å². The van der Waals surface area contributed by atoms with E-state index in [0.717, 1.165) is 17.3 Å². The molecule has 120 valence electrons. The number of halogens is 1. The molecule has 0 aliphatic heterocycles. The molecular formula is C17H22BrNO3. The minimum atomic E-state index is -0.479. The summed E-state index contributed by atoms with van der Waals surface area (Å²) in [6.45, 7) is 4.16. The number of ether oxygens (including phenoxy) is 1. The van der Waals surface area contributed by atoms with Gasteiger partial charge < -0.3 is 10.1 Å². The van der Waals surface area contributed by atoms with E-state index in [9.17, 15) is 9.59 Å². The topological polar surface area (TPSA) is 55.4 Å². The molecule has 0 spiro atoms. The number of hydrogen-bond acceptors (Lipinski definition) is 3. The first-order chi connectivity index (χ1) is 10.5. The molecule has 1 aromatic carbocycles. The monoisotopic (exact) mass is 367 g/mol. The van der Waals surface area contributed by atoms with Crippen molar-refractivity contribution in [1.29, 1.82) is 0 Å². The molecule has 2 rings (SSSR count). The zero-order chi connectivity index (χ0) is 16.1. The lowest BCUT2D eigenvalue weighted by Crippen LogP contribution is -2.45. The fourth-order valence-corrected chi connectivity index (χ4v) is 3.10. The second kappa shape index (κ2) is 7.77. The summed E-state index contributed by atoms with van der Waals surface area (Å²) in [6, 6.07) is 7.04. The number of nitrogens with one attached hydrogen (secondary N) is 1. The lowest BCUT2D eigenvalue weighted by molar-refractivity contribution is -0.125. The summed E-state index contributed by atoms with van der Waals surface area (Å²) in [7, 11) is 0. The van der Waals surface area contributed by atoms with Gasteiger partial charge in [0, 0.05) is 10.5 Å². The van der Waals surface area contributed by atoms with Gasteiger partial charge in [-0.05, 0) is 42.5 Å². The average molecular weight is 368 g/mol. The Labute approximate surface area is 139 Å². The number of rotatable bonds is 4. The molecule has 3 atom stereocenters. The Hall–Kier alpha value is -1.36. The highest BCUT2D eigenvalue weighted by Gasteiger charge is 2.28. The predicted octanol–water partition coefficient (Wildman–Crippen LogP) is 3.55. The molecular weight excluding hydrogens is 346 g/mol. The van der Waals surface area contributed by atoms with Crippen LogP contribution in [-0.2, 0) is 9.53 Å². The van der Waals surface area contributed by atoms with Crippen molar-refractivity contribution in [2.24, 2.45) is 11.8 Å². The van der Waals surface area contributed by atoms with Gasteiger partial charge in [0.2, 0.25) is 0 Å². The molecule has 0 aromatic heterocycles. The molecule has 1 aromatic rings. The van der Waals surface area contributed by atoms with Gasteiger partial charge in [-0.25, -0.2) is 4.79 Å². The van der Waals surface area contributed by atoms with E-state index in [1.54, 1.807) is 24.3 Å². The Kier molecular flexibility index (Phi) is 6.00. The molecule has 0 heterocycles. The van der Waals surface area contributed by atoms with Crippen molar-refractivity contribution in [2.75, 3.05) is 6.61 Å². The number of hydrogen-bond donors (Lipinski definition) is 1. The first-order valence-corrected chi connectivity index (χ1v) is 8.48. The molecule has 0 bridgehead atoms. The molecule has 1 N–H and O–H groups in total. The van der Waals surface area contributed by atoms with Crippen LogP contribution in [0.5, 0.6) is 0 Å². The van der Waals surface area contributed by atoms with Gasteiger partial charge in [0.15, 0.2) is 6.61 Å². The van der Waals surface area contributed by atoms with Gasteiger partial charge in [0.05, 0.1) is 5.56 Å². The summed E-state index contributed by atoms with van der Waals surface area (Å²) < 4.78 is 5.96. The van der Waals surface area contributed by atoms with Crippen LogP contribution in [0.3, 0.4) is 0 Å². The third kappa shape index (κ3) is 4.57. The van der Waals surface area contributed by atoms with Crippen molar-refractivity contribution in [3.05, 3.63) is 34.3 Å². The Bertz CT molecular complexity index is 529. The van der Waals surface area contributed by atoms with E-state index < -0.39 is 5.97 Å². The molecule has 1 fully saturated rings. The van der Waals surface area contributed by atoms with Crippen molar-refractivity contribution in [3.63, 3.8) is 0 Å². The van der Waals surface area contributed by atoms with E-state index in [0.29, 0.717) is 17.4 Å². The number of benzene rings is 1. The molecule has 0 radical (unpaired) electrons. The average Bonchev–Trinajstić information content (AvgIpc) is 2.50. The van der Waals surface area contributed by atoms with Crippen LogP contribution in [0.1, 0.15) is 43.5 Å². The van der Waals surface area contributed by atoms with Crippen molar-refractivity contribution in [1.82, 2.24) is 5.32 Å². The molecule has 4 nitrogen and oxygen atoms in total. The fourth-order valence-electron chi connectivity index (χ4n) is 2.83. The molecule has 1 amide bonds. The normalized spacial score (nSPS) is 24.6.